The number of aryl methyl sites for hydroxylation is 1. The largest absolute Gasteiger partial charge is 0.447 e. The highest BCUT2D eigenvalue weighted by Crippen LogP contribution is 2.19. The summed E-state index contributed by atoms with van der Waals surface area (Å²) in [7, 11) is -0.374. The summed E-state index contributed by atoms with van der Waals surface area (Å²) >= 11 is 0. The number of furan rings is 1. The van der Waals surface area contributed by atoms with Gasteiger partial charge in [0.2, 0.25) is 5.09 Å². The van der Waals surface area contributed by atoms with Crippen molar-refractivity contribution in [3.8, 4) is 0 Å². The predicted octanol–water partition coefficient (Wildman–Crippen LogP) is 0.292. The molecule has 0 spiro atoms. The molecule has 0 bridgehead atoms. The van der Waals surface area contributed by atoms with Gasteiger partial charge in [0.15, 0.2) is 0 Å². The van der Waals surface area contributed by atoms with Crippen molar-refractivity contribution >= 4 is 10.0 Å². The molecule has 8 heteroatoms. The molecule has 0 aliphatic heterocycles. The van der Waals surface area contributed by atoms with Crippen LogP contribution in [0.25, 0.3) is 0 Å². The Kier molecular flexibility index (Phi) is 3.74. The Morgan fingerprint density at radius 1 is 1.47 bits per heavy atom. The summed E-state index contributed by atoms with van der Waals surface area (Å²) in [5, 5.41) is 3.90. The fourth-order valence-electron chi connectivity index (χ4n) is 1.66. The summed E-state index contributed by atoms with van der Waals surface area (Å²) in [6.07, 6.45) is 3.39. The molecule has 0 saturated heterocycles. The van der Waals surface area contributed by atoms with E-state index in [0.717, 1.165) is 5.56 Å². The average molecular weight is 284 g/mol. The maximum atomic E-state index is 12.2. The number of nitrogens with two attached hydrogens (primary N) is 1. The minimum atomic E-state index is -3.64. The molecule has 2 aromatic rings. The first-order valence-electron chi connectivity index (χ1n) is 5.66. The highest BCUT2D eigenvalue weighted by Gasteiger charge is 2.24. The molecule has 104 valence electrons. The van der Waals surface area contributed by atoms with Gasteiger partial charge in [-0.1, -0.05) is 0 Å². The van der Waals surface area contributed by atoms with Crippen LogP contribution in [0.2, 0.25) is 0 Å². The summed E-state index contributed by atoms with van der Waals surface area (Å²) in [6, 6.07) is 2.97. The van der Waals surface area contributed by atoms with Gasteiger partial charge in [0, 0.05) is 32.4 Å². The van der Waals surface area contributed by atoms with Crippen LogP contribution in [-0.2, 0) is 30.2 Å². The van der Waals surface area contributed by atoms with Crippen LogP contribution in [-0.4, -0.2) is 29.6 Å². The quantitative estimate of drug-likeness (QED) is 0.851. The molecule has 0 atom stereocenters. The van der Waals surface area contributed by atoms with Crippen LogP contribution in [0.5, 0.6) is 0 Å². The first-order chi connectivity index (χ1) is 8.93. The molecule has 2 aromatic heterocycles. The van der Waals surface area contributed by atoms with Crippen LogP contribution in [0, 0.1) is 0 Å². The SMILES string of the molecule is CN(Cc1cnn(C)c1)S(=O)(=O)c1ccc(CN)o1. The van der Waals surface area contributed by atoms with E-state index in [2.05, 4.69) is 5.10 Å². The third-order valence-corrected chi connectivity index (χ3v) is 4.34. The van der Waals surface area contributed by atoms with E-state index in [-0.39, 0.29) is 18.2 Å². The van der Waals surface area contributed by atoms with Gasteiger partial charge in [-0.15, -0.1) is 0 Å². The molecule has 0 saturated carbocycles. The van der Waals surface area contributed by atoms with Crippen molar-refractivity contribution < 1.29 is 12.8 Å². The number of hydrogen-bond donors (Lipinski definition) is 1. The second kappa shape index (κ2) is 5.16. The van der Waals surface area contributed by atoms with E-state index in [9.17, 15) is 8.42 Å². The molecule has 0 amide bonds. The first kappa shape index (κ1) is 13.8. The summed E-state index contributed by atoms with van der Waals surface area (Å²) in [4.78, 5) is 0. The molecule has 0 aromatic carbocycles. The number of sulfonamides is 1. The smallest absolute Gasteiger partial charge is 0.276 e. The molecular weight excluding hydrogens is 268 g/mol. The van der Waals surface area contributed by atoms with Gasteiger partial charge in [0.1, 0.15) is 5.76 Å². The molecule has 0 unspecified atom stereocenters. The van der Waals surface area contributed by atoms with Crippen molar-refractivity contribution in [3.63, 3.8) is 0 Å². The standard InChI is InChI=1S/C11H16N4O3S/c1-14-7-9(6-13-14)8-15(2)19(16,17)11-4-3-10(5-12)18-11/h3-4,6-7H,5,8,12H2,1-2H3. The summed E-state index contributed by atoms with van der Waals surface area (Å²) in [6.45, 7) is 0.399. The number of rotatable bonds is 5. The Labute approximate surface area is 111 Å². The molecule has 0 aliphatic rings. The monoisotopic (exact) mass is 284 g/mol. The van der Waals surface area contributed by atoms with Crippen molar-refractivity contribution in [1.82, 2.24) is 14.1 Å². The van der Waals surface area contributed by atoms with Gasteiger partial charge < -0.3 is 10.2 Å². The number of hydrogen-bond acceptors (Lipinski definition) is 5. The van der Waals surface area contributed by atoms with Crippen molar-refractivity contribution in [2.75, 3.05) is 7.05 Å². The van der Waals surface area contributed by atoms with Gasteiger partial charge in [-0.3, -0.25) is 4.68 Å². The van der Waals surface area contributed by atoms with Gasteiger partial charge in [0.05, 0.1) is 12.7 Å². The van der Waals surface area contributed by atoms with Crippen LogP contribution in [0.3, 0.4) is 0 Å². The van der Waals surface area contributed by atoms with Gasteiger partial charge in [-0.05, 0) is 12.1 Å². The Hall–Kier alpha value is -1.64. The van der Waals surface area contributed by atoms with Crippen LogP contribution in [0.4, 0.5) is 0 Å². The van der Waals surface area contributed by atoms with Crippen molar-refractivity contribution in [1.29, 1.82) is 0 Å². The Bertz CT molecular complexity index is 659. The van der Waals surface area contributed by atoms with E-state index < -0.39 is 10.0 Å². The summed E-state index contributed by atoms with van der Waals surface area (Å²) < 4.78 is 32.5. The van der Waals surface area contributed by atoms with E-state index in [1.165, 1.54) is 17.4 Å². The fourth-order valence-corrected chi connectivity index (χ4v) is 2.73. The Morgan fingerprint density at radius 3 is 2.74 bits per heavy atom. The normalized spacial score (nSPS) is 12.2. The third-order valence-electron chi connectivity index (χ3n) is 2.67. The second-order valence-electron chi connectivity index (χ2n) is 4.21. The highest BCUT2D eigenvalue weighted by atomic mass is 32.2. The molecular formula is C11H16N4O3S. The molecule has 2 rings (SSSR count). The van der Waals surface area contributed by atoms with E-state index in [4.69, 9.17) is 10.2 Å². The lowest BCUT2D eigenvalue weighted by Gasteiger charge is -2.14. The molecule has 19 heavy (non-hydrogen) atoms. The zero-order valence-corrected chi connectivity index (χ0v) is 11.6. The van der Waals surface area contributed by atoms with Gasteiger partial charge >= 0.3 is 0 Å². The van der Waals surface area contributed by atoms with E-state index in [0.29, 0.717) is 5.76 Å². The van der Waals surface area contributed by atoms with Crippen LogP contribution in [0.1, 0.15) is 11.3 Å². The maximum Gasteiger partial charge on any atom is 0.276 e. The zero-order valence-electron chi connectivity index (χ0n) is 10.8. The lowest BCUT2D eigenvalue weighted by atomic mass is 10.4. The number of aromatic nitrogens is 2. The highest BCUT2D eigenvalue weighted by molar-refractivity contribution is 7.88. The number of nitrogens with zero attached hydrogens (tertiary/aromatic N) is 3. The van der Waals surface area contributed by atoms with Crippen molar-refractivity contribution in [2.24, 2.45) is 12.8 Å². The lowest BCUT2D eigenvalue weighted by molar-refractivity contribution is 0.387. The topological polar surface area (TPSA) is 94.4 Å². The van der Waals surface area contributed by atoms with Crippen LogP contribution >= 0.6 is 0 Å². The third kappa shape index (κ3) is 2.86. The predicted molar refractivity (Wildman–Crippen MR) is 68.5 cm³/mol. The van der Waals surface area contributed by atoms with Crippen LogP contribution in [0.15, 0.2) is 34.0 Å². The Balaban J connectivity index is 2.19. The van der Waals surface area contributed by atoms with Gasteiger partial charge in [-0.2, -0.15) is 9.40 Å². The van der Waals surface area contributed by atoms with E-state index in [1.54, 1.807) is 30.2 Å². The fraction of sp³-hybridized carbons (Fsp3) is 0.364. The molecule has 2 N–H and O–H groups in total. The maximum absolute atomic E-state index is 12.2. The van der Waals surface area contributed by atoms with Gasteiger partial charge in [-0.25, -0.2) is 8.42 Å². The van der Waals surface area contributed by atoms with E-state index >= 15 is 0 Å². The van der Waals surface area contributed by atoms with Crippen LogP contribution < -0.4 is 5.73 Å². The molecule has 0 aliphatic carbocycles. The molecule has 0 fully saturated rings. The molecule has 2 heterocycles. The molecule has 0 radical (unpaired) electrons. The molecule has 7 nitrogen and oxygen atoms in total. The minimum absolute atomic E-state index is 0.0978. The minimum Gasteiger partial charge on any atom is -0.447 e. The lowest BCUT2D eigenvalue weighted by Crippen LogP contribution is -2.26. The second-order valence-corrected chi connectivity index (χ2v) is 6.18. The summed E-state index contributed by atoms with van der Waals surface area (Å²) in [5.74, 6) is 0.438. The average Bonchev–Trinajstić information content (AvgIpc) is 2.98. The summed E-state index contributed by atoms with van der Waals surface area (Å²) in [5.41, 5.74) is 6.20. The first-order valence-corrected chi connectivity index (χ1v) is 7.10. The van der Waals surface area contributed by atoms with E-state index in [1.807, 2.05) is 0 Å². The Morgan fingerprint density at radius 2 is 2.21 bits per heavy atom. The van der Waals surface area contributed by atoms with Crippen molar-refractivity contribution in [2.45, 2.75) is 18.2 Å². The van der Waals surface area contributed by atoms with Gasteiger partial charge in [0.25, 0.3) is 10.0 Å². The zero-order chi connectivity index (χ0) is 14.0. The van der Waals surface area contributed by atoms with Crippen molar-refractivity contribution in [3.05, 3.63) is 35.9 Å².